The molecule has 0 aliphatic heterocycles. The van der Waals surface area contributed by atoms with Crippen molar-refractivity contribution < 1.29 is 9.47 Å². The van der Waals surface area contributed by atoms with Gasteiger partial charge in [-0.05, 0) is 44.2 Å². The zero-order valence-electron chi connectivity index (χ0n) is 13.5. The Kier molecular flexibility index (Phi) is 9.44. The van der Waals surface area contributed by atoms with Gasteiger partial charge < -0.3 is 20.1 Å². The Morgan fingerprint density at radius 3 is 2.25 bits per heavy atom. The quantitative estimate of drug-likeness (QED) is 0.592. The molecule has 0 heterocycles. The molecule has 1 aliphatic carbocycles. The smallest absolute Gasteiger partial charge is 0.0589 e. The highest BCUT2D eigenvalue weighted by Crippen LogP contribution is 2.38. The lowest BCUT2D eigenvalue weighted by molar-refractivity contribution is 0.107. The van der Waals surface area contributed by atoms with Crippen LogP contribution in [0.1, 0.15) is 44.9 Å². The number of ether oxygens (including phenoxy) is 2. The lowest BCUT2D eigenvalue weighted by atomic mass is 9.72. The second kappa shape index (κ2) is 10.6. The average Bonchev–Trinajstić information content (AvgIpc) is 2.50. The van der Waals surface area contributed by atoms with Gasteiger partial charge in [-0.1, -0.05) is 19.3 Å². The van der Waals surface area contributed by atoms with Crippen molar-refractivity contribution in [2.75, 3.05) is 53.6 Å². The van der Waals surface area contributed by atoms with Crippen LogP contribution in [-0.2, 0) is 9.47 Å². The van der Waals surface area contributed by atoms with Crippen molar-refractivity contribution in [2.24, 2.45) is 11.1 Å². The first-order valence-electron chi connectivity index (χ1n) is 8.16. The van der Waals surface area contributed by atoms with Gasteiger partial charge in [-0.2, -0.15) is 0 Å². The molecule has 0 atom stereocenters. The van der Waals surface area contributed by atoms with Gasteiger partial charge in [0.2, 0.25) is 0 Å². The minimum Gasteiger partial charge on any atom is -0.385 e. The lowest BCUT2D eigenvalue weighted by Gasteiger charge is -2.38. The molecule has 20 heavy (non-hydrogen) atoms. The number of rotatable bonds is 11. The summed E-state index contributed by atoms with van der Waals surface area (Å²) in [6, 6.07) is 0. The fourth-order valence-corrected chi connectivity index (χ4v) is 3.24. The minimum absolute atomic E-state index is 0.408. The molecule has 0 unspecified atom stereocenters. The summed E-state index contributed by atoms with van der Waals surface area (Å²) in [5.74, 6) is 0. The van der Waals surface area contributed by atoms with E-state index in [0.29, 0.717) is 5.41 Å². The SMILES string of the molecule is COCCCN(CCOC)CCC1(CN)CCCCC1. The van der Waals surface area contributed by atoms with Gasteiger partial charge in [-0.25, -0.2) is 0 Å². The molecule has 1 saturated carbocycles. The summed E-state index contributed by atoms with van der Waals surface area (Å²) in [4.78, 5) is 2.51. The highest BCUT2D eigenvalue weighted by molar-refractivity contribution is 4.84. The number of nitrogens with zero attached hydrogens (tertiary/aromatic N) is 1. The van der Waals surface area contributed by atoms with Crippen LogP contribution in [0.3, 0.4) is 0 Å². The van der Waals surface area contributed by atoms with Crippen LogP contribution in [0, 0.1) is 5.41 Å². The van der Waals surface area contributed by atoms with Crippen molar-refractivity contribution in [1.29, 1.82) is 0 Å². The number of methoxy groups -OCH3 is 2. The normalized spacial score (nSPS) is 18.6. The van der Waals surface area contributed by atoms with Gasteiger partial charge >= 0.3 is 0 Å². The summed E-state index contributed by atoms with van der Waals surface area (Å²) < 4.78 is 10.4. The Balaban J connectivity index is 2.37. The van der Waals surface area contributed by atoms with Crippen LogP contribution in [0.4, 0.5) is 0 Å². The molecule has 1 rings (SSSR count). The molecule has 4 heteroatoms. The van der Waals surface area contributed by atoms with Crippen LogP contribution in [0.25, 0.3) is 0 Å². The summed E-state index contributed by atoms with van der Waals surface area (Å²) in [5, 5.41) is 0. The molecule has 4 nitrogen and oxygen atoms in total. The highest BCUT2D eigenvalue weighted by atomic mass is 16.5. The van der Waals surface area contributed by atoms with E-state index >= 15 is 0 Å². The third-order valence-corrected chi connectivity index (χ3v) is 4.74. The van der Waals surface area contributed by atoms with E-state index in [4.69, 9.17) is 15.2 Å². The lowest BCUT2D eigenvalue weighted by Crippen LogP contribution is -2.38. The first-order valence-corrected chi connectivity index (χ1v) is 8.16. The highest BCUT2D eigenvalue weighted by Gasteiger charge is 2.30. The first-order chi connectivity index (χ1) is 9.76. The summed E-state index contributed by atoms with van der Waals surface area (Å²) >= 11 is 0. The van der Waals surface area contributed by atoms with E-state index in [1.165, 1.54) is 38.5 Å². The number of nitrogens with two attached hydrogens (primary N) is 1. The van der Waals surface area contributed by atoms with Crippen LogP contribution in [0.2, 0.25) is 0 Å². The van der Waals surface area contributed by atoms with Crippen molar-refractivity contribution in [3.63, 3.8) is 0 Å². The fourth-order valence-electron chi connectivity index (χ4n) is 3.24. The van der Waals surface area contributed by atoms with Gasteiger partial charge in [0.25, 0.3) is 0 Å². The zero-order valence-corrected chi connectivity index (χ0v) is 13.5. The standard InChI is InChI=1S/C16H34N2O2/c1-19-13-6-10-18(12-14-20-2)11-9-16(15-17)7-4-3-5-8-16/h3-15,17H2,1-2H3. The molecule has 0 aromatic heterocycles. The van der Waals surface area contributed by atoms with Gasteiger partial charge in [-0.15, -0.1) is 0 Å². The van der Waals surface area contributed by atoms with E-state index in [1.807, 2.05) is 0 Å². The number of hydrogen-bond donors (Lipinski definition) is 1. The Hall–Kier alpha value is -0.160. The molecular formula is C16H34N2O2. The summed E-state index contributed by atoms with van der Waals surface area (Å²) in [7, 11) is 3.54. The van der Waals surface area contributed by atoms with Gasteiger partial charge in [0.15, 0.2) is 0 Å². The Morgan fingerprint density at radius 2 is 1.65 bits per heavy atom. The molecule has 0 bridgehead atoms. The predicted octanol–water partition coefficient (Wildman–Crippen LogP) is 2.27. The Labute approximate surface area is 125 Å². The molecule has 0 spiro atoms. The van der Waals surface area contributed by atoms with E-state index in [0.717, 1.165) is 45.8 Å². The fraction of sp³-hybridized carbons (Fsp3) is 1.00. The number of hydrogen-bond acceptors (Lipinski definition) is 4. The molecule has 1 fully saturated rings. The molecule has 0 radical (unpaired) electrons. The molecule has 0 aromatic carbocycles. The predicted molar refractivity (Wildman–Crippen MR) is 84.0 cm³/mol. The topological polar surface area (TPSA) is 47.7 Å². The third kappa shape index (κ3) is 6.53. The maximum absolute atomic E-state index is 6.08. The van der Waals surface area contributed by atoms with Gasteiger partial charge in [-0.3, -0.25) is 0 Å². The summed E-state index contributed by atoms with van der Waals surface area (Å²) in [6.07, 6.45) is 9.08. The van der Waals surface area contributed by atoms with Crippen molar-refractivity contribution in [1.82, 2.24) is 4.90 Å². The molecule has 120 valence electrons. The second-order valence-electron chi connectivity index (χ2n) is 6.20. The maximum Gasteiger partial charge on any atom is 0.0589 e. The van der Waals surface area contributed by atoms with Crippen LogP contribution in [0.5, 0.6) is 0 Å². The van der Waals surface area contributed by atoms with Gasteiger partial charge in [0.1, 0.15) is 0 Å². The van der Waals surface area contributed by atoms with Crippen LogP contribution in [-0.4, -0.2) is 58.5 Å². The van der Waals surface area contributed by atoms with Crippen molar-refractivity contribution in [2.45, 2.75) is 44.9 Å². The Bertz CT molecular complexity index is 231. The van der Waals surface area contributed by atoms with E-state index in [-0.39, 0.29) is 0 Å². The monoisotopic (exact) mass is 286 g/mol. The first kappa shape index (κ1) is 17.9. The van der Waals surface area contributed by atoms with Gasteiger partial charge in [0.05, 0.1) is 6.61 Å². The van der Waals surface area contributed by atoms with Crippen molar-refractivity contribution in [3.05, 3.63) is 0 Å². The van der Waals surface area contributed by atoms with E-state index in [1.54, 1.807) is 14.2 Å². The molecule has 1 aliphatic rings. The van der Waals surface area contributed by atoms with Crippen molar-refractivity contribution in [3.8, 4) is 0 Å². The largest absolute Gasteiger partial charge is 0.385 e. The molecule has 0 saturated heterocycles. The van der Waals surface area contributed by atoms with Crippen LogP contribution in [0.15, 0.2) is 0 Å². The maximum atomic E-state index is 6.08. The second-order valence-corrected chi connectivity index (χ2v) is 6.20. The Morgan fingerprint density at radius 1 is 0.950 bits per heavy atom. The molecule has 0 amide bonds. The van der Waals surface area contributed by atoms with E-state index < -0.39 is 0 Å². The van der Waals surface area contributed by atoms with Crippen LogP contribution >= 0.6 is 0 Å². The molecule has 0 aromatic rings. The van der Waals surface area contributed by atoms with E-state index in [9.17, 15) is 0 Å². The minimum atomic E-state index is 0.408. The van der Waals surface area contributed by atoms with Crippen molar-refractivity contribution >= 4 is 0 Å². The summed E-state index contributed by atoms with van der Waals surface area (Å²) in [5.41, 5.74) is 6.49. The van der Waals surface area contributed by atoms with E-state index in [2.05, 4.69) is 4.90 Å². The molecule has 2 N–H and O–H groups in total. The third-order valence-electron chi connectivity index (χ3n) is 4.74. The van der Waals surface area contributed by atoms with Gasteiger partial charge in [0, 0.05) is 33.9 Å². The molecular weight excluding hydrogens is 252 g/mol. The van der Waals surface area contributed by atoms with Crippen LogP contribution < -0.4 is 5.73 Å². The summed E-state index contributed by atoms with van der Waals surface area (Å²) in [6.45, 7) is 5.75. The zero-order chi connectivity index (χ0) is 14.7. The average molecular weight is 286 g/mol.